The van der Waals surface area contributed by atoms with Crippen molar-refractivity contribution in [3.05, 3.63) is 29.8 Å². The first-order valence-electron chi connectivity index (χ1n) is 9.17. The molecule has 0 radical (unpaired) electrons. The molecule has 3 aliphatic rings. The Hall–Kier alpha value is -2.61. The summed E-state index contributed by atoms with van der Waals surface area (Å²) in [6.45, 7) is 0.672. The van der Waals surface area contributed by atoms with Gasteiger partial charge >= 0.3 is 0 Å². The number of nitrogens with one attached hydrogen (secondary N) is 3. The molecule has 2 saturated heterocycles. The number of hydrogen-bond donors (Lipinski definition) is 3. The highest BCUT2D eigenvalue weighted by Gasteiger charge is 2.51. The van der Waals surface area contributed by atoms with Gasteiger partial charge in [0, 0.05) is 24.3 Å². The van der Waals surface area contributed by atoms with Crippen molar-refractivity contribution < 1.29 is 4.79 Å². The lowest BCUT2D eigenvalue weighted by atomic mass is 9.90. The summed E-state index contributed by atoms with van der Waals surface area (Å²) in [6.07, 6.45) is 3.44. The minimum Gasteiger partial charge on any atom is -0.368 e. The van der Waals surface area contributed by atoms with Crippen molar-refractivity contribution in [2.24, 2.45) is 11.8 Å². The molecule has 0 aromatic heterocycles. The van der Waals surface area contributed by atoms with Crippen molar-refractivity contribution in [2.45, 2.75) is 43.9 Å². The summed E-state index contributed by atoms with van der Waals surface area (Å²) in [4.78, 5) is 12.6. The number of hydrogen-bond acceptors (Lipinski definition) is 6. The van der Waals surface area contributed by atoms with Gasteiger partial charge in [-0.3, -0.25) is 4.79 Å². The number of amides is 1. The fraction of sp³-hybridized carbons (Fsp3) is 0.526. The fourth-order valence-electron chi connectivity index (χ4n) is 4.19. The average Bonchev–Trinajstić information content (AvgIpc) is 3.43. The van der Waals surface area contributed by atoms with Gasteiger partial charge in [0.05, 0.1) is 30.0 Å². The zero-order valence-corrected chi connectivity index (χ0v) is 14.5. The van der Waals surface area contributed by atoms with Crippen LogP contribution in [0, 0.1) is 34.5 Å². The van der Waals surface area contributed by atoms with E-state index in [0.717, 1.165) is 24.9 Å². The first-order valence-corrected chi connectivity index (χ1v) is 9.17. The maximum absolute atomic E-state index is 12.6. The summed E-state index contributed by atoms with van der Waals surface area (Å²) in [7, 11) is 0. The Labute approximate surface area is 152 Å². The highest BCUT2D eigenvalue weighted by Crippen LogP contribution is 2.40. The molecule has 1 saturated carbocycles. The molecule has 1 amide bonds. The molecule has 0 spiro atoms. The van der Waals surface area contributed by atoms with E-state index in [1.807, 2.05) is 12.1 Å². The van der Waals surface area contributed by atoms with Gasteiger partial charge in [0.2, 0.25) is 5.91 Å². The molecule has 3 N–H and O–H groups in total. The molecule has 1 aliphatic carbocycles. The summed E-state index contributed by atoms with van der Waals surface area (Å²) >= 11 is 0. The molecule has 26 heavy (non-hydrogen) atoms. The predicted molar refractivity (Wildman–Crippen MR) is 95.2 cm³/mol. The maximum Gasteiger partial charge on any atom is 0.228 e. The molecule has 7 nitrogen and oxygen atoms in total. The van der Waals surface area contributed by atoms with Crippen LogP contribution < -0.4 is 16.1 Å². The third kappa shape index (κ3) is 3.12. The van der Waals surface area contributed by atoms with Gasteiger partial charge in [-0.25, -0.2) is 10.4 Å². The molecule has 7 heteroatoms. The van der Waals surface area contributed by atoms with Crippen LogP contribution in [0.4, 0.5) is 5.69 Å². The van der Waals surface area contributed by atoms with Crippen molar-refractivity contribution in [1.29, 1.82) is 10.5 Å². The minimum absolute atomic E-state index is 0.0499. The Morgan fingerprint density at radius 3 is 2.65 bits per heavy atom. The molecule has 2 heterocycles. The van der Waals surface area contributed by atoms with E-state index in [4.69, 9.17) is 5.26 Å². The van der Waals surface area contributed by atoms with Crippen molar-refractivity contribution in [3.8, 4) is 12.1 Å². The van der Waals surface area contributed by atoms with Crippen LogP contribution in [0.5, 0.6) is 0 Å². The van der Waals surface area contributed by atoms with Crippen LogP contribution in [0.25, 0.3) is 0 Å². The van der Waals surface area contributed by atoms with Crippen molar-refractivity contribution >= 4 is 11.6 Å². The second-order valence-corrected chi connectivity index (χ2v) is 7.29. The molecule has 4 rings (SSSR count). The Morgan fingerprint density at radius 1 is 1.23 bits per heavy atom. The summed E-state index contributed by atoms with van der Waals surface area (Å²) in [6, 6.07) is 11.9. The van der Waals surface area contributed by atoms with E-state index in [1.54, 1.807) is 12.1 Å². The number of benzene rings is 1. The number of piperidine rings is 1. The highest BCUT2D eigenvalue weighted by molar-refractivity contribution is 5.82. The second kappa shape index (κ2) is 6.95. The van der Waals surface area contributed by atoms with Crippen LogP contribution in [-0.4, -0.2) is 35.7 Å². The lowest BCUT2D eigenvalue weighted by Gasteiger charge is -2.34. The lowest BCUT2D eigenvalue weighted by molar-refractivity contribution is -0.128. The molecule has 3 unspecified atom stereocenters. The summed E-state index contributed by atoms with van der Waals surface area (Å²) in [5.74, 6) is 0.384. The average molecular weight is 350 g/mol. The summed E-state index contributed by atoms with van der Waals surface area (Å²) < 4.78 is 0. The number of anilines is 1. The van der Waals surface area contributed by atoms with Crippen molar-refractivity contribution in [2.75, 3.05) is 11.9 Å². The first kappa shape index (κ1) is 16.8. The number of nitriles is 2. The molecule has 1 aromatic carbocycles. The standard InChI is InChI=1S/C19H22N6O/c20-9-7-15(13-3-4-13)25-16-8-10-22-19(26)17(16)18(24-25)23-14-5-1-12(11-21)2-6-14/h1-2,5-6,13,15-18,23-24H,3-4,7-8,10H2,(H,22,26)/t15-,16?,17?,18?/m0/s1. The molecular formula is C19H22N6O. The number of carbonyl (C=O) groups excluding carboxylic acids is 1. The van der Waals surface area contributed by atoms with Gasteiger partial charge in [0.25, 0.3) is 0 Å². The molecule has 3 fully saturated rings. The van der Waals surface area contributed by atoms with Gasteiger partial charge < -0.3 is 10.6 Å². The number of fused-ring (bicyclic) bond motifs is 1. The summed E-state index contributed by atoms with van der Waals surface area (Å²) in [5, 5.41) is 26.7. The zero-order chi connectivity index (χ0) is 18.1. The van der Waals surface area contributed by atoms with Crippen LogP contribution in [-0.2, 0) is 4.79 Å². The quantitative estimate of drug-likeness (QED) is 0.740. The Morgan fingerprint density at radius 2 is 2.00 bits per heavy atom. The minimum atomic E-state index is -0.229. The second-order valence-electron chi connectivity index (χ2n) is 7.29. The van der Waals surface area contributed by atoms with E-state index >= 15 is 0 Å². The number of rotatable bonds is 5. The molecule has 1 aromatic rings. The van der Waals surface area contributed by atoms with Crippen LogP contribution in [0.2, 0.25) is 0 Å². The Bertz CT molecular complexity index is 760. The normalized spacial score (nSPS) is 29.2. The SMILES string of the molecule is N#CC[C@@H](C1CC1)N1NC(Nc2ccc(C#N)cc2)C2C(=O)NCCC21. The van der Waals surface area contributed by atoms with Crippen LogP contribution in [0.1, 0.15) is 31.2 Å². The molecule has 2 aliphatic heterocycles. The number of nitrogens with zero attached hydrogens (tertiary/aromatic N) is 3. The predicted octanol–water partition coefficient (Wildman–Crippen LogP) is 1.31. The van der Waals surface area contributed by atoms with Crippen molar-refractivity contribution in [1.82, 2.24) is 15.8 Å². The summed E-state index contributed by atoms with van der Waals surface area (Å²) in [5.41, 5.74) is 4.96. The number of carbonyl (C=O) groups is 1. The van der Waals surface area contributed by atoms with Crippen molar-refractivity contribution in [3.63, 3.8) is 0 Å². The third-order valence-electron chi connectivity index (χ3n) is 5.62. The van der Waals surface area contributed by atoms with Gasteiger partial charge in [0.15, 0.2) is 0 Å². The van der Waals surface area contributed by atoms with E-state index in [1.165, 1.54) is 0 Å². The third-order valence-corrected chi connectivity index (χ3v) is 5.62. The van der Waals surface area contributed by atoms with Gasteiger partial charge in [-0.2, -0.15) is 10.5 Å². The van der Waals surface area contributed by atoms with E-state index in [-0.39, 0.29) is 30.1 Å². The molecule has 134 valence electrons. The van der Waals surface area contributed by atoms with E-state index in [9.17, 15) is 10.1 Å². The number of hydrazine groups is 1. The van der Waals surface area contributed by atoms with Gasteiger partial charge in [-0.05, 0) is 49.4 Å². The smallest absolute Gasteiger partial charge is 0.228 e. The molecule has 4 atom stereocenters. The van der Waals surface area contributed by atoms with Gasteiger partial charge in [-0.1, -0.05) is 0 Å². The van der Waals surface area contributed by atoms with Gasteiger partial charge in [0.1, 0.15) is 6.17 Å². The highest BCUT2D eigenvalue weighted by atomic mass is 16.2. The van der Waals surface area contributed by atoms with Crippen LogP contribution in [0.15, 0.2) is 24.3 Å². The van der Waals surface area contributed by atoms with Gasteiger partial charge in [-0.15, -0.1) is 0 Å². The largest absolute Gasteiger partial charge is 0.368 e. The van der Waals surface area contributed by atoms with E-state index in [2.05, 4.69) is 33.2 Å². The molecule has 0 bridgehead atoms. The fourth-order valence-corrected chi connectivity index (χ4v) is 4.19. The monoisotopic (exact) mass is 350 g/mol. The Kier molecular flexibility index (Phi) is 4.50. The Balaban J connectivity index is 1.56. The molecular weight excluding hydrogens is 328 g/mol. The van der Waals surface area contributed by atoms with Crippen LogP contribution in [0.3, 0.4) is 0 Å². The topological polar surface area (TPSA) is 104 Å². The zero-order valence-electron chi connectivity index (χ0n) is 14.5. The van der Waals surface area contributed by atoms with Crippen LogP contribution >= 0.6 is 0 Å². The maximum atomic E-state index is 12.6. The lowest BCUT2D eigenvalue weighted by Crippen LogP contribution is -2.52. The first-order chi connectivity index (χ1) is 12.7. The van der Waals surface area contributed by atoms with E-state index < -0.39 is 0 Å². The van der Waals surface area contributed by atoms with E-state index in [0.29, 0.717) is 24.4 Å².